The van der Waals surface area contributed by atoms with Crippen molar-refractivity contribution in [1.82, 2.24) is 10.0 Å². The molecule has 0 amide bonds. The zero-order chi connectivity index (χ0) is 32.1. The number of para-hydroxylation sites is 1. The maximum atomic E-state index is 13.2. The van der Waals surface area contributed by atoms with Crippen molar-refractivity contribution in [2.75, 3.05) is 13.2 Å². The van der Waals surface area contributed by atoms with Crippen LogP contribution < -0.4 is 10.0 Å². The van der Waals surface area contributed by atoms with Crippen molar-refractivity contribution in [3.63, 3.8) is 0 Å². The molecule has 1 aliphatic heterocycles. The zero-order valence-electron chi connectivity index (χ0n) is 24.7. The number of halogens is 1. The summed E-state index contributed by atoms with van der Waals surface area (Å²) in [5.74, 6) is -0.110. The number of nitrogens with one attached hydrogen (secondary N) is 2. The topological polar surface area (TPSA) is 111 Å². The largest absolute Gasteiger partial charge is 0.359 e. The van der Waals surface area contributed by atoms with E-state index in [1.807, 2.05) is 78.9 Å². The van der Waals surface area contributed by atoms with Crippen LogP contribution in [0.2, 0.25) is 0 Å². The van der Waals surface area contributed by atoms with E-state index >= 15 is 0 Å². The summed E-state index contributed by atoms with van der Waals surface area (Å²) < 4.78 is 37.1. The molecule has 1 heterocycles. The summed E-state index contributed by atoms with van der Waals surface area (Å²) in [7, 11) is -4.15. The highest BCUT2D eigenvalue weighted by Gasteiger charge is 2.45. The van der Waals surface area contributed by atoms with Crippen molar-refractivity contribution in [2.45, 2.75) is 28.5 Å². The minimum atomic E-state index is -4.15. The van der Waals surface area contributed by atoms with Gasteiger partial charge in [0, 0.05) is 35.1 Å². The van der Waals surface area contributed by atoms with Gasteiger partial charge in [-0.05, 0) is 40.5 Å². The first-order valence-corrected chi connectivity index (χ1v) is 17.1. The number of nitro benzene ring substituents is 1. The Morgan fingerprint density at radius 2 is 1.24 bits per heavy atom. The lowest BCUT2D eigenvalue weighted by atomic mass is 9.77. The first-order chi connectivity index (χ1) is 22.3. The van der Waals surface area contributed by atoms with Crippen LogP contribution in [0, 0.1) is 10.1 Å². The molecule has 0 aliphatic carbocycles. The van der Waals surface area contributed by atoms with Gasteiger partial charge in [0.25, 0.3) is 5.69 Å². The SMILES string of the molecule is O=[N+]([O-])c1ccccc1S(=O)(=O)NC[C@@H]1N[C@H](COC(c2ccccc2)(c2ccccc2)c2ccccc2)[C@@H]1c1ccc(Br)cc1. The number of nitrogens with zero attached hydrogens (tertiary/aromatic N) is 1. The van der Waals surface area contributed by atoms with Crippen LogP contribution in [-0.4, -0.2) is 38.6 Å². The molecule has 1 aliphatic rings. The lowest BCUT2D eigenvalue weighted by molar-refractivity contribution is -0.387. The van der Waals surface area contributed by atoms with Gasteiger partial charge in [0.1, 0.15) is 5.60 Å². The van der Waals surface area contributed by atoms with Gasteiger partial charge in [-0.15, -0.1) is 0 Å². The molecular formula is C36H32BrN3O5S. The van der Waals surface area contributed by atoms with Crippen LogP contribution in [-0.2, 0) is 20.4 Å². The van der Waals surface area contributed by atoms with Crippen molar-refractivity contribution in [2.24, 2.45) is 0 Å². The van der Waals surface area contributed by atoms with Gasteiger partial charge in [-0.2, -0.15) is 0 Å². The summed E-state index contributed by atoms with van der Waals surface area (Å²) in [6, 6.07) is 43.3. The van der Waals surface area contributed by atoms with Crippen LogP contribution in [0.5, 0.6) is 0 Å². The number of hydrogen-bond acceptors (Lipinski definition) is 6. The fourth-order valence-corrected chi connectivity index (χ4v) is 7.72. The minimum Gasteiger partial charge on any atom is -0.359 e. The number of nitro groups is 1. The Balaban J connectivity index is 1.30. The van der Waals surface area contributed by atoms with E-state index < -0.39 is 26.2 Å². The van der Waals surface area contributed by atoms with Crippen molar-refractivity contribution < 1.29 is 18.1 Å². The van der Waals surface area contributed by atoms with Gasteiger partial charge in [0.05, 0.1) is 11.5 Å². The molecule has 1 fully saturated rings. The summed E-state index contributed by atoms with van der Waals surface area (Å²) >= 11 is 3.51. The molecule has 0 aromatic heterocycles. The fraction of sp³-hybridized carbons (Fsp3) is 0.167. The van der Waals surface area contributed by atoms with Crippen LogP contribution in [0.3, 0.4) is 0 Å². The van der Waals surface area contributed by atoms with Gasteiger partial charge in [-0.3, -0.25) is 10.1 Å². The maximum Gasteiger partial charge on any atom is 0.289 e. The Labute approximate surface area is 276 Å². The summed E-state index contributed by atoms with van der Waals surface area (Å²) in [5.41, 5.74) is 2.61. The highest BCUT2D eigenvalue weighted by Crippen LogP contribution is 2.42. The molecule has 0 radical (unpaired) electrons. The van der Waals surface area contributed by atoms with Crippen molar-refractivity contribution in [1.29, 1.82) is 0 Å². The van der Waals surface area contributed by atoms with E-state index in [-0.39, 0.29) is 29.4 Å². The quantitative estimate of drug-likeness (QED) is 0.0846. The highest BCUT2D eigenvalue weighted by atomic mass is 79.9. The molecule has 1 saturated heterocycles. The van der Waals surface area contributed by atoms with E-state index in [9.17, 15) is 18.5 Å². The maximum absolute atomic E-state index is 13.2. The van der Waals surface area contributed by atoms with Gasteiger partial charge >= 0.3 is 0 Å². The van der Waals surface area contributed by atoms with Crippen LogP contribution in [0.1, 0.15) is 28.2 Å². The Kier molecular flexibility index (Phi) is 9.44. The Hall–Kier alpha value is -4.19. The third-order valence-electron chi connectivity index (χ3n) is 8.42. The van der Waals surface area contributed by atoms with E-state index in [1.165, 1.54) is 24.3 Å². The molecule has 8 nitrogen and oxygen atoms in total. The van der Waals surface area contributed by atoms with E-state index in [4.69, 9.17) is 4.74 Å². The third-order valence-corrected chi connectivity index (χ3v) is 10.4. The van der Waals surface area contributed by atoms with Gasteiger partial charge in [0.2, 0.25) is 10.0 Å². The second-order valence-electron chi connectivity index (χ2n) is 11.1. The van der Waals surface area contributed by atoms with Crippen LogP contribution in [0.15, 0.2) is 149 Å². The minimum absolute atomic E-state index is 0.0345. The van der Waals surface area contributed by atoms with E-state index in [0.29, 0.717) is 6.61 Å². The fourth-order valence-electron chi connectivity index (χ4n) is 6.23. The molecule has 0 saturated carbocycles. The standard InChI is InChI=1S/C36H32BrN3O5S/c37-30-22-20-26(21-23-30)35-31(24-38-46(43,44)34-19-11-10-18-33(34)40(41)42)39-32(35)25-45-36(27-12-4-1-5-13-27,28-14-6-2-7-15-28)29-16-8-3-9-17-29/h1-23,31-32,35,38-39H,24-25H2/t31-,32+,35+/m0/s1. The van der Waals surface area contributed by atoms with Gasteiger partial charge in [0.15, 0.2) is 4.90 Å². The Morgan fingerprint density at radius 3 is 1.76 bits per heavy atom. The van der Waals surface area contributed by atoms with E-state index in [2.05, 4.69) is 62.4 Å². The zero-order valence-corrected chi connectivity index (χ0v) is 27.1. The molecule has 0 unspecified atom stereocenters. The molecule has 46 heavy (non-hydrogen) atoms. The van der Waals surface area contributed by atoms with Crippen LogP contribution in [0.4, 0.5) is 5.69 Å². The van der Waals surface area contributed by atoms with Gasteiger partial charge in [-0.25, -0.2) is 13.1 Å². The first kappa shape index (κ1) is 31.8. The molecular weight excluding hydrogens is 666 g/mol. The summed E-state index contributed by atoms with van der Waals surface area (Å²) in [4.78, 5) is 10.5. The second kappa shape index (κ2) is 13.7. The van der Waals surface area contributed by atoms with E-state index in [0.717, 1.165) is 26.7 Å². The Morgan fingerprint density at radius 1 is 0.739 bits per heavy atom. The monoisotopic (exact) mass is 697 g/mol. The highest BCUT2D eigenvalue weighted by molar-refractivity contribution is 9.10. The number of ether oxygens (including phenoxy) is 1. The second-order valence-corrected chi connectivity index (χ2v) is 13.8. The smallest absolute Gasteiger partial charge is 0.289 e. The summed E-state index contributed by atoms with van der Waals surface area (Å²) in [6.45, 7) is 0.347. The average Bonchev–Trinajstić information content (AvgIpc) is 3.08. The molecule has 5 aromatic carbocycles. The number of sulfonamides is 1. The van der Waals surface area contributed by atoms with Crippen molar-refractivity contribution in [3.05, 3.63) is 176 Å². The summed E-state index contributed by atoms with van der Waals surface area (Å²) in [5, 5.41) is 15.1. The molecule has 10 heteroatoms. The molecule has 0 bridgehead atoms. The number of rotatable bonds is 12. The molecule has 5 aromatic rings. The third kappa shape index (κ3) is 6.40. The van der Waals surface area contributed by atoms with Crippen LogP contribution >= 0.6 is 15.9 Å². The van der Waals surface area contributed by atoms with Crippen molar-refractivity contribution in [3.8, 4) is 0 Å². The molecule has 6 rings (SSSR count). The first-order valence-electron chi connectivity index (χ1n) is 14.8. The average molecular weight is 699 g/mol. The van der Waals surface area contributed by atoms with E-state index in [1.54, 1.807) is 0 Å². The number of hydrogen-bond donors (Lipinski definition) is 2. The predicted octanol–water partition coefficient (Wildman–Crippen LogP) is 6.77. The van der Waals surface area contributed by atoms with Gasteiger partial charge < -0.3 is 10.1 Å². The Bertz CT molecular complexity index is 1800. The van der Waals surface area contributed by atoms with Crippen molar-refractivity contribution >= 4 is 31.6 Å². The molecule has 0 spiro atoms. The molecule has 3 atom stereocenters. The van der Waals surface area contributed by atoms with Crippen LogP contribution in [0.25, 0.3) is 0 Å². The lowest BCUT2D eigenvalue weighted by Crippen LogP contribution is -2.65. The van der Waals surface area contributed by atoms with Gasteiger partial charge in [-0.1, -0.05) is 131 Å². The normalized spacial score (nSPS) is 18.1. The predicted molar refractivity (Wildman–Crippen MR) is 181 cm³/mol. The lowest BCUT2D eigenvalue weighted by Gasteiger charge is -2.48. The molecule has 234 valence electrons. The summed E-state index contributed by atoms with van der Waals surface area (Å²) in [6.07, 6.45) is 0. The number of benzene rings is 5. The molecule has 2 N–H and O–H groups in total.